The molecule has 0 aliphatic carbocycles. The minimum Gasteiger partial charge on any atom is -0.496 e. The zero-order valence-electron chi connectivity index (χ0n) is 16.2. The van der Waals surface area contributed by atoms with Crippen LogP contribution in [-0.2, 0) is 5.75 Å². The van der Waals surface area contributed by atoms with Crippen molar-refractivity contribution in [3.05, 3.63) is 59.7 Å². The average Bonchev–Trinajstić information content (AvgIpc) is 3.42. The number of para-hydroxylation sites is 1. The number of nitrogens with zero attached hydrogens (tertiary/aromatic N) is 4. The predicted molar refractivity (Wildman–Crippen MR) is 113 cm³/mol. The van der Waals surface area contributed by atoms with Crippen molar-refractivity contribution >= 4 is 17.7 Å². The zero-order chi connectivity index (χ0) is 20.2. The van der Waals surface area contributed by atoms with Crippen LogP contribution in [0.4, 0.5) is 0 Å². The Labute approximate surface area is 173 Å². The van der Waals surface area contributed by atoms with Gasteiger partial charge in [0.05, 0.1) is 12.7 Å². The number of nitrogens with two attached hydrogens (primary N) is 1. The summed E-state index contributed by atoms with van der Waals surface area (Å²) in [6.07, 6.45) is 2.19. The quantitative estimate of drug-likeness (QED) is 0.497. The predicted octanol–water partition coefficient (Wildman–Crippen LogP) is 3.20. The van der Waals surface area contributed by atoms with Gasteiger partial charge in [-0.1, -0.05) is 36.0 Å². The molecular formula is C21H23N5O2S. The van der Waals surface area contributed by atoms with Crippen molar-refractivity contribution in [2.24, 2.45) is 0 Å². The molecule has 2 aromatic carbocycles. The summed E-state index contributed by atoms with van der Waals surface area (Å²) in [6.45, 7) is 1.72. The van der Waals surface area contributed by atoms with Gasteiger partial charge in [0.1, 0.15) is 5.75 Å². The maximum atomic E-state index is 12.4. The first kappa shape index (κ1) is 19.3. The van der Waals surface area contributed by atoms with E-state index in [1.54, 1.807) is 7.11 Å². The van der Waals surface area contributed by atoms with E-state index in [2.05, 4.69) is 10.2 Å². The molecule has 2 N–H and O–H groups in total. The summed E-state index contributed by atoms with van der Waals surface area (Å²) in [7, 11) is 1.61. The Morgan fingerprint density at radius 2 is 1.83 bits per heavy atom. The number of carbonyl (C=O) groups excluding carboxylic acids is 1. The van der Waals surface area contributed by atoms with Gasteiger partial charge in [0.15, 0.2) is 5.82 Å². The van der Waals surface area contributed by atoms with Crippen LogP contribution in [0.3, 0.4) is 0 Å². The number of rotatable bonds is 6. The average molecular weight is 410 g/mol. The standard InChI is InChI=1S/C21H23N5O2S/c1-28-18-7-3-2-6-17(18)19-23-24-21(26(19)22)29-14-15-8-10-16(11-9-15)20(27)25-12-4-5-13-25/h2-3,6-11H,4-5,12-14,22H2,1H3. The zero-order valence-corrected chi connectivity index (χ0v) is 17.1. The number of hydrogen-bond donors (Lipinski definition) is 1. The summed E-state index contributed by atoms with van der Waals surface area (Å²) in [5.41, 5.74) is 2.62. The molecule has 7 nitrogen and oxygen atoms in total. The summed E-state index contributed by atoms with van der Waals surface area (Å²) in [5, 5.41) is 9.05. The van der Waals surface area contributed by atoms with E-state index >= 15 is 0 Å². The molecular weight excluding hydrogens is 386 g/mol. The highest BCUT2D eigenvalue weighted by Crippen LogP contribution is 2.30. The molecule has 0 atom stereocenters. The van der Waals surface area contributed by atoms with E-state index in [1.807, 2.05) is 53.4 Å². The van der Waals surface area contributed by atoms with Crippen LogP contribution in [0, 0.1) is 0 Å². The minimum atomic E-state index is 0.116. The number of methoxy groups -OCH3 is 1. The molecule has 1 aliphatic heterocycles. The van der Waals surface area contributed by atoms with Gasteiger partial charge < -0.3 is 15.5 Å². The molecule has 1 aliphatic rings. The fraction of sp³-hybridized carbons (Fsp3) is 0.286. The molecule has 1 fully saturated rings. The fourth-order valence-electron chi connectivity index (χ4n) is 3.38. The van der Waals surface area contributed by atoms with Gasteiger partial charge in [-0.3, -0.25) is 4.79 Å². The molecule has 0 unspecified atom stereocenters. The smallest absolute Gasteiger partial charge is 0.253 e. The van der Waals surface area contributed by atoms with Gasteiger partial charge in [0, 0.05) is 24.4 Å². The topological polar surface area (TPSA) is 86.3 Å². The molecule has 3 aromatic rings. The molecule has 1 aromatic heterocycles. The fourth-order valence-corrected chi connectivity index (χ4v) is 4.20. The Bertz CT molecular complexity index is 997. The Hall–Kier alpha value is -3.00. The molecule has 150 valence electrons. The van der Waals surface area contributed by atoms with Crippen molar-refractivity contribution in [2.45, 2.75) is 23.8 Å². The first-order valence-electron chi connectivity index (χ1n) is 9.52. The van der Waals surface area contributed by atoms with Gasteiger partial charge in [-0.15, -0.1) is 10.2 Å². The summed E-state index contributed by atoms with van der Waals surface area (Å²) in [6, 6.07) is 15.3. The van der Waals surface area contributed by atoms with E-state index < -0.39 is 0 Å². The van der Waals surface area contributed by atoms with Crippen LogP contribution in [0.25, 0.3) is 11.4 Å². The largest absolute Gasteiger partial charge is 0.496 e. The number of amides is 1. The number of aromatic nitrogens is 3. The lowest BCUT2D eigenvalue weighted by molar-refractivity contribution is 0.0793. The van der Waals surface area contributed by atoms with E-state index in [1.165, 1.54) is 16.4 Å². The third-order valence-corrected chi connectivity index (χ3v) is 5.99. The van der Waals surface area contributed by atoms with Crippen LogP contribution in [0.2, 0.25) is 0 Å². The lowest BCUT2D eigenvalue weighted by Gasteiger charge is -2.15. The van der Waals surface area contributed by atoms with Crippen LogP contribution >= 0.6 is 11.8 Å². The van der Waals surface area contributed by atoms with Crippen LogP contribution in [0.15, 0.2) is 53.7 Å². The van der Waals surface area contributed by atoms with Gasteiger partial charge in [0.2, 0.25) is 5.16 Å². The van der Waals surface area contributed by atoms with Crippen molar-refractivity contribution < 1.29 is 9.53 Å². The maximum Gasteiger partial charge on any atom is 0.253 e. The molecule has 0 saturated carbocycles. The van der Waals surface area contributed by atoms with Gasteiger partial charge in [-0.2, -0.15) is 0 Å². The highest BCUT2D eigenvalue weighted by molar-refractivity contribution is 7.98. The maximum absolute atomic E-state index is 12.4. The summed E-state index contributed by atoms with van der Waals surface area (Å²) >= 11 is 1.50. The third kappa shape index (κ3) is 4.07. The number of benzene rings is 2. The second-order valence-corrected chi connectivity index (χ2v) is 7.80. The van der Waals surface area contributed by atoms with Gasteiger partial charge in [-0.25, -0.2) is 4.68 Å². The van der Waals surface area contributed by atoms with Gasteiger partial charge >= 0.3 is 0 Å². The van der Waals surface area contributed by atoms with Gasteiger partial charge in [-0.05, 0) is 42.7 Å². The van der Waals surface area contributed by atoms with Crippen molar-refractivity contribution in [1.82, 2.24) is 19.8 Å². The van der Waals surface area contributed by atoms with E-state index in [-0.39, 0.29) is 5.91 Å². The van der Waals surface area contributed by atoms with Crippen LogP contribution < -0.4 is 10.6 Å². The summed E-state index contributed by atoms with van der Waals surface area (Å²) in [4.78, 5) is 14.4. The number of ether oxygens (including phenoxy) is 1. The minimum absolute atomic E-state index is 0.116. The Kier molecular flexibility index (Phi) is 5.71. The van der Waals surface area contributed by atoms with E-state index in [0.29, 0.717) is 22.5 Å². The highest BCUT2D eigenvalue weighted by atomic mass is 32.2. The molecule has 0 spiro atoms. The number of hydrogen-bond acceptors (Lipinski definition) is 6. The van der Waals surface area contributed by atoms with Crippen LogP contribution in [0.1, 0.15) is 28.8 Å². The number of carbonyl (C=O) groups is 1. The third-order valence-electron chi connectivity index (χ3n) is 4.97. The highest BCUT2D eigenvalue weighted by Gasteiger charge is 2.19. The second kappa shape index (κ2) is 8.57. The molecule has 8 heteroatoms. The number of likely N-dealkylation sites (tertiary alicyclic amines) is 1. The normalized spacial score (nSPS) is 13.6. The SMILES string of the molecule is COc1ccccc1-c1nnc(SCc2ccc(C(=O)N3CCCC3)cc2)n1N. The molecule has 1 amide bonds. The van der Waals surface area contributed by atoms with Crippen LogP contribution in [0.5, 0.6) is 5.75 Å². The lowest BCUT2D eigenvalue weighted by atomic mass is 10.1. The number of thioether (sulfide) groups is 1. The number of nitrogen functional groups attached to an aromatic ring is 1. The summed E-state index contributed by atoms with van der Waals surface area (Å²) in [5.74, 6) is 8.27. The molecule has 0 bridgehead atoms. The van der Waals surface area contributed by atoms with Crippen LogP contribution in [-0.4, -0.2) is 45.9 Å². The Morgan fingerprint density at radius 1 is 1.10 bits per heavy atom. The van der Waals surface area contributed by atoms with Crippen molar-refractivity contribution in [2.75, 3.05) is 26.0 Å². The monoisotopic (exact) mass is 409 g/mol. The Balaban J connectivity index is 1.43. The molecule has 2 heterocycles. The molecule has 1 saturated heterocycles. The molecule has 29 heavy (non-hydrogen) atoms. The van der Waals surface area contributed by atoms with E-state index in [4.69, 9.17) is 10.6 Å². The van der Waals surface area contributed by atoms with Crippen molar-refractivity contribution in [3.63, 3.8) is 0 Å². The van der Waals surface area contributed by atoms with Crippen molar-refractivity contribution in [1.29, 1.82) is 0 Å². The molecule has 0 radical (unpaired) electrons. The Morgan fingerprint density at radius 3 is 2.55 bits per heavy atom. The van der Waals surface area contributed by atoms with Gasteiger partial charge in [0.25, 0.3) is 5.91 Å². The summed E-state index contributed by atoms with van der Waals surface area (Å²) < 4.78 is 6.87. The van der Waals surface area contributed by atoms with Crippen molar-refractivity contribution in [3.8, 4) is 17.1 Å². The lowest BCUT2D eigenvalue weighted by Crippen LogP contribution is -2.27. The molecule has 4 rings (SSSR count). The first-order valence-corrected chi connectivity index (χ1v) is 10.5. The second-order valence-electron chi connectivity index (χ2n) is 6.86. The first-order chi connectivity index (χ1) is 14.2. The van der Waals surface area contributed by atoms with E-state index in [9.17, 15) is 4.79 Å². The van der Waals surface area contributed by atoms with E-state index in [0.717, 1.165) is 42.6 Å².